The molecule has 0 saturated heterocycles. The molecule has 0 spiro atoms. The van der Waals surface area contributed by atoms with Crippen molar-refractivity contribution in [3.05, 3.63) is 62.9 Å². The fourth-order valence-electron chi connectivity index (χ4n) is 5.90. The molecule has 2 aliphatic heterocycles. The molecule has 6 rings (SSSR count). The van der Waals surface area contributed by atoms with Gasteiger partial charge in [0.2, 0.25) is 0 Å². The Bertz CT molecular complexity index is 1470. The van der Waals surface area contributed by atoms with Crippen LogP contribution in [0, 0.1) is 0 Å². The van der Waals surface area contributed by atoms with Gasteiger partial charge in [-0.2, -0.15) is 0 Å². The molecule has 1 atom stereocenters. The maximum atomic E-state index is 13.5. The molecule has 37 heavy (non-hydrogen) atoms. The number of carbonyl (C=O) groups excluding carboxylic acids is 1. The highest BCUT2D eigenvalue weighted by Crippen LogP contribution is 2.39. The number of ether oxygens (including phenoxy) is 1. The van der Waals surface area contributed by atoms with Crippen molar-refractivity contribution in [1.82, 2.24) is 9.55 Å². The number of aliphatic hydroxyl groups is 1. The minimum atomic E-state index is -1.85. The lowest BCUT2D eigenvalue weighted by Crippen LogP contribution is -2.44. The van der Waals surface area contributed by atoms with Crippen molar-refractivity contribution in [2.75, 3.05) is 0 Å². The topological polar surface area (TPSA) is 103 Å². The van der Waals surface area contributed by atoms with Gasteiger partial charge < -0.3 is 19.2 Å². The average Bonchev–Trinajstić information content (AvgIpc) is 3.26. The molecule has 2 aromatic heterocycles. The summed E-state index contributed by atoms with van der Waals surface area (Å²) in [7, 11) is 0. The van der Waals surface area contributed by atoms with E-state index in [4.69, 9.17) is 14.6 Å². The number of benzene rings is 1. The quantitative estimate of drug-likeness (QED) is 0.250. The molecule has 4 heterocycles. The summed E-state index contributed by atoms with van der Waals surface area (Å²) in [5, 5.41) is 16.5. The molecule has 1 saturated carbocycles. The summed E-state index contributed by atoms with van der Waals surface area (Å²) in [6.45, 7) is 1.87. The third kappa shape index (κ3) is 3.94. The van der Waals surface area contributed by atoms with Crippen molar-refractivity contribution in [3.8, 4) is 11.4 Å². The second-order valence-electron chi connectivity index (χ2n) is 10.3. The SMILES string of the molecule is CC[C@@]1(O)C(=O)OCc2c1cc1n(c2=O)Cc2c-1nc1ccccc1c2C=NOC1CCCCCCC1. The number of rotatable bonds is 4. The predicted molar refractivity (Wildman–Crippen MR) is 139 cm³/mol. The lowest BCUT2D eigenvalue weighted by Gasteiger charge is -2.31. The Balaban J connectivity index is 1.45. The van der Waals surface area contributed by atoms with Crippen LogP contribution in [-0.4, -0.2) is 32.9 Å². The van der Waals surface area contributed by atoms with Crippen LogP contribution < -0.4 is 5.56 Å². The number of carbonyl (C=O) groups is 1. The number of pyridine rings is 2. The fraction of sp³-hybridized carbons (Fsp3) is 0.448. The Kier molecular flexibility index (Phi) is 6.07. The van der Waals surface area contributed by atoms with Crippen LogP contribution >= 0.6 is 0 Å². The molecule has 1 fully saturated rings. The third-order valence-corrected chi connectivity index (χ3v) is 8.08. The first kappa shape index (κ1) is 23.9. The van der Waals surface area contributed by atoms with E-state index in [1.807, 2.05) is 24.3 Å². The van der Waals surface area contributed by atoms with Crippen LogP contribution in [0.25, 0.3) is 22.3 Å². The van der Waals surface area contributed by atoms with Gasteiger partial charge in [0.15, 0.2) is 5.60 Å². The summed E-state index contributed by atoms with van der Waals surface area (Å²) in [5.74, 6) is -0.726. The monoisotopic (exact) mass is 501 g/mol. The molecular formula is C29H31N3O5. The van der Waals surface area contributed by atoms with Crippen LogP contribution in [0.4, 0.5) is 0 Å². The van der Waals surface area contributed by atoms with Crippen molar-refractivity contribution >= 4 is 23.1 Å². The number of oxime groups is 1. The Morgan fingerprint density at radius 2 is 1.92 bits per heavy atom. The van der Waals surface area contributed by atoms with Crippen molar-refractivity contribution in [2.24, 2.45) is 5.16 Å². The Labute approximate surface area is 214 Å². The van der Waals surface area contributed by atoms with E-state index in [-0.39, 0.29) is 24.7 Å². The van der Waals surface area contributed by atoms with Crippen molar-refractivity contribution in [2.45, 2.75) is 83.1 Å². The highest BCUT2D eigenvalue weighted by molar-refractivity contribution is 6.02. The normalized spacial score (nSPS) is 21.7. The summed E-state index contributed by atoms with van der Waals surface area (Å²) < 4.78 is 6.84. The second kappa shape index (κ2) is 9.41. The standard InChI is InChI=1S/C29H31N3O5/c1-2-29(35)23-14-25-26-21(16-32(25)27(33)22(23)17-36-28(29)34)20(19-12-8-9-13-24(19)31-26)15-30-37-18-10-6-4-3-5-7-11-18/h8-9,12-15,18,35H,2-7,10-11,16-17H2,1H3/t29-/m0/s1. The smallest absolute Gasteiger partial charge is 0.343 e. The Morgan fingerprint density at radius 3 is 2.70 bits per heavy atom. The molecule has 1 N–H and O–H groups in total. The van der Waals surface area contributed by atoms with Gasteiger partial charge in [-0.3, -0.25) is 4.79 Å². The molecule has 3 aliphatic rings. The van der Waals surface area contributed by atoms with Gasteiger partial charge in [-0.05, 0) is 44.2 Å². The van der Waals surface area contributed by atoms with Gasteiger partial charge in [-0.1, -0.05) is 49.5 Å². The predicted octanol–water partition coefficient (Wildman–Crippen LogP) is 4.54. The minimum absolute atomic E-state index is 0.107. The number of hydrogen-bond donors (Lipinski definition) is 1. The highest BCUT2D eigenvalue weighted by atomic mass is 16.6. The summed E-state index contributed by atoms with van der Waals surface area (Å²) in [6, 6.07) is 9.55. The van der Waals surface area contributed by atoms with Crippen LogP contribution in [0.15, 0.2) is 40.3 Å². The number of cyclic esters (lactones) is 1. The van der Waals surface area contributed by atoms with Crippen LogP contribution in [0.1, 0.15) is 80.5 Å². The van der Waals surface area contributed by atoms with Gasteiger partial charge in [0.05, 0.1) is 35.2 Å². The third-order valence-electron chi connectivity index (χ3n) is 8.08. The summed E-state index contributed by atoms with van der Waals surface area (Å²) >= 11 is 0. The molecule has 0 bridgehead atoms. The largest absolute Gasteiger partial charge is 0.458 e. The van der Waals surface area contributed by atoms with E-state index >= 15 is 0 Å². The molecule has 8 nitrogen and oxygen atoms in total. The van der Waals surface area contributed by atoms with Gasteiger partial charge in [-0.25, -0.2) is 9.78 Å². The van der Waals surface area contributed by atoms with E-state index in [1.165, 1.54) is 19.3 Å². The number of aromatic nitrogens is 2. The van der Waals surface area contributed by atoms with E-state index < -0.39 is 11.6 Å². The van der Waals surface area contributed by atoms with E-state index in [1.54, 1.807) is 23.8 Å². The van der Waals surface area contributed by atoms with Crippen molar-refractivity contribution in [1.29, 1.82) is 0 Å². The summed E-state index contributed by atoms with van der Waals surface area (Å²) in [5.41, 5.74) is 2.25. The number of nitrogens with zero attached hydrogens (tertiary/aromatic N) is 3. The molecule has 1 aliphatic carbocycles. The molecule has 0 radical (unpaired) electrons. The molecule has 1 aromatic carbocycles. The highest BCUT2D eigenvalue weighted by Gasteiger charge is 2.45. The lowest BCUT2D eigenvalue weighted by atomic mass is 9.86. The fourth-order valence-corrected chi connectivity index (χ4v) is 5.90. The van der Waals surface area contributed by atoms with Crippen molar-refractivity contribution in [3.63, 3.8) is 0 Å². The van der Waals surface area contributed by atoms with Crippen LogP contribution in [0.5, 0.6) is 0 Å². The molecule has 0 unspecified atom stereocenters. The van der Waals surface area contributed by atoms with E-state index in [2.05, 4.69) is 5.16 Å². The Morgan fingerprint density at radius 1 is 1.16 bits per heavy atom. The first-order chi connectivity index (χ1) is 18.0. The van der Waals surface area contributed by atoms with Crippen LogP contribution in [0.2, 0.25) is 0 Å². The van der Waals surface area contributed by atoms with Crippen molar-refractivity contribution < 1.29 is 19.5 Å². The minimum Gasteiger partial charge on any atom is -0.458 e. The molecule has 0 amide bonds. The Hall–Kier alpha value is -3.52. The van der Waals surface area contributed by atoms with Gasteiger partial charge in [0.25, 0.3) is 5.56 Å². The average molecular weight is 502 g/mol. The first-order valence-corrected chi connectivity index (χ1v) is 13.3. The van der Waals surface area contributed by atoms with Gasteiger partial charge >= 0.3 is 5.97 Å². The maximum Gasteiger partial charge on any atom is 0.343 e. The van der Waals surface area contributed by atoms with Gasteiger partial charge in [0.1, 0.15) is 12.7 Å². The zero-order valence-electron chi connectivity index (χ0n) is 21.0. The number of hydrogen-bond acceptors (Lipinski definition) is 7. The molecule has 192 valence electrons. The second-order valence-corrected chi connectivity index (χ2v) is 10.3. The summed E-state index contributed by atoms with van der Waals surface area (Å²) in [6.07, 6.45) is 10.1. The first-order valence-electron chi connectivity index (χ1n) is 13.3. The van der Waals surface area contributed by atoms with Gasteiger partial charge in [0, 0.05) is 22.1 Å². The van der Waals surface area contributed by atoms with Crippen LogP contribution in [0.3, 0.4) is 0 Å². The van der Waals surface area contributed by atoms with E-state index in [0.29, 0.717) is 29.1 Å². The van der Waals surface area contributed by atoms with E-state index in [0.717, 1.165) is 47.7 Å². The number of para-hydroxylation sites is 1. The molecular weight excluding hydrogens is 470 g/mol. The molecule has 3 aromatic rings. The van der Waals surface area contributed by atoms with E-state index in [9.17, 15) is 14.7 Å². The zero-order chi connectivity index (χ0) is 25.6. The lowest BCUT2D eigenvalue weighted by molar-refractivity contribution is -0.172. The number of esters is 1. The number of fused-ring (bicyclic) bond motifs is 5. The summed E-state index contributed by atoms with van der Waals surface area (Å²) in [4.78, 5) is 36.9. The molecule has 8 heteroatoms. The van der Waals surface area contributed by atoms with Gasteiger partial charge in [-0.15, -0.1) is 0 Å². The maximum absolute atomic E-state index is 13.5. The van der Waals surface area contributed by atoms with Crippen LogP contribution in [-0.2, 0) is 33.1 Å². The zero-order valence-corrected chi connectivity index (χ0v) is 21.0.